The van der Waals surface area contributed by atoms with Crippen molar-refractivity contribution in [2.75, 3.05) is 0 Å². The lowest BCUT2D eigenvalue weighted by Gasteiger charge is -1.98. The van der Waals surface area contributed by atoms with Gasteiger partial charge >= 0.3 is 0 Å². The summed E-state index contributed by atoms with van der Waals surface area (Å²) in [7, 11) is 0. The van der Waals surface area contributed by atoms with Crippen LogP contribution < -0.4 is 0 Å². The van der Waals surface area contributed by atoms with Crippen molar-refractivity contribution in [2.45, 2.75) is 32.2 Å². The number of aromatic nitrogens is 4. The van der Waals surface area contributed by atoms with Gasteiger partial charge in [-0.3, -0.25) is 4.68 Å². The quantitative estimate of drug-likeness (QED) is 0.718. The highest BCUT2D eigenvalue weighted by Crippen LogP contribution is 2.39. The van der Waals surface area contributed by atoms with Gasteiger partial charge < -0.3 is 4.40 Å². The summed E-state index contributed by atoms with van der Waals surface area (Å²) in [6.45, 7) is 2.78. The van der Waals surface area contributed by atoms with Crippen molar-refractivity contribution in [1.82, 2.24) is 19.2 Å². The molecule has 0 atom stereocenters. The second kappa shape index (κ2) is 3.95. The van der Waals surface area contributed by atoms with Crippen LogP contribution in [0.15, 0.2) is 36.9 Å². The smallest absolute Gasteiger partial charge is 0.137 e. The molecule has 0 saturated heterocycles. The van der Waals surface area contributed by atoms with E-state index in [1.807, 2.05) is 17.1 Å². The molecule has 0 spiro atoms. The van der Waals surface area contributed by atoms with Crippen molar-refractivity contribution in [3.63, 3.8) is 0 Å². The SMILES string of the molecule is Cc1cnn(Cc2cn3cc(C4CC4)ccc3n2)c1. The summed E-state index contributed by atoms with van der Waals surface area (Å²) in [5.74, 6) is 0.781. The lowest BCUT2D eigenvalue weighted by atomic mass is 10.2. The molecule has 0 unspecified atom stereocenters. The molecule has 4 nitrogen and oxygen atoms in total. The Labute approximate surface area is 111 Å². The molecular weight excluding hydrogens is 236 g/mol. The Kier molecular flexibility index (Phi) is 2.24. The Hall–Kier alpha value is -2.10. The number of imidazole rings is 1. The molecule has 1 aliphatic rings. The van der Waals surface area contributed by atoms with Crippen LogP contribution in [0.5, 0.6) is 0 Å². The summed E-state index contributed by atoms with van der Waals surface area (Å²) in [6.07, 6.45) is 10.9. The van der Waals surface area contributed by atoms with Gasteiger partial charge in [0.05, 0.1) is 18.4 Å². The first kappa shape index (κ1) is 10.8. The summed E-state index contributed by atoms with van der Waals surface area (Å²) in [4.78, 5) is 4.64. The van der Waals surface area contributed by atoms with Crippen LogP contribution in [0.2, 0.25) is 0 Å². The molecule has 1 saturated carbocycles. The number of hydrogen-bond donors (Lipinski definition) is 0. The first-order valence-electron chi connectivity index (χ1n) is 6.74. The van der Waals surface area contributed by atoms with Crippen molar-refractivity contribution >= 4 is 5.65 Å². The first-order valence-corrected chi connectivity index (χ1v) is 6.74. The number of pyridine rings is 1. The molecule has 0 radical (unpaired) electrons. The normalized spacial score (nSPS) is 15.2. The molecule has 3 aromatic heterocycles. The fourth-order valence-corrected chi connectivity index (χ4v) is 2.52. The number of aryl methyl sites for hydroxylation is 1. The van der Waals surface area contributed by atoms with E-state index in [4.69, 9.17) is 0 Å². The van der Waals surface area contributed by atoms with E-state index in [0.717, 1.165) is 23.8 Å². The molecule has 0 bridgehead atoms. The maximum absolute atomic E-state index is 4.64. The van der Waals surface area contributed by atoms with Crippen LogP contribution in [0, 0.1) is 6.92 Å². The van der Waals surface area contributed by atoms with Gasteiger partial charge in [-0.1, -0.05) is 6.07 Å². The number of hydrogen-bond acceptors (Lipinski definition) is 2. The number of fused-ring (bicyclic) bond motifs is 1. The molecule has 1 aliphatic carbocycles. The van der Waals surface area contributed by atoms with E-state index >= 15 is 0 Å². The average molecular weight is 252 g/mol. The lowest BCUT2D eigenvalue weighted by molar-refractivity contribution is 0.675. The number of nitrogens with zero attached hydrogens (tertiary/aromatic N) is 4. The van der Waals surface area contributed by atoms with Crippen LogP contribution in [-0.2, 0) is 6.54 Å². The third-order valence-corrected chi connectivity index (χ3v) is 3.66. The van der Waals surface area contributed by atoms with Gasteiger partial charge in [0.25, 0.3) is 0 Å². The topological polar surface area (TPSA) is 35.1 Å². The van der Waals surface area contributed by atoms with E-state index in [1.54, 1.807) is 0 Å². The van der Waals surface area contributed by atoms with Crippen molar-refractivity contribution in [2.24, 2.45) is 0 Å². The minimum Gasteiger partial charge on any atom is -0.306 e. The Morgan fingerprint density at radius 2 is 2.11 bits per heavy atom. The molecule has 3 heterocycles. The van der Waals surface area contributed by atoms with E-state index in [2.05, 4.69) is 45.9 Å². The van der Waals surface area contributed by atoms with Gasteiger partial charge in [0.1, 0.15) is 5.65 Å². The maximum atomic E-state index is 4.64. The Morgan fingerprint density at radius 1 is 1.21 bits per heavy atom. The summed E-state index contributed by atoms with van der Waals surface area (Å²) in [6, 6.07) is 4.33. The summed E-state index contributed by atoms with van der Waals surface area (Å²) in [5, 5.41) is 4.30. The minimum absolute atomic E-state index is 0.730. The molecule has 96 valence electrons. The fourth-order valence-electron chi connectivity index (χ4n) is 2.52. The van der Waals surface area contributed by atoms with Gasteiger partial charge in [0.15, 0.2) is 0 Å². The van der Waals surface area contributed by atoms with Crippen molar-refractivity contribution < 1.29 is 0 Å². The van der Waals surface area contributed by atoms with E-state index in [0.29, 0.717) is 0 Å². The van der Waals surface area contributed by atoms with Crippen molar-refractivity contribution in [1.29, 1.82) is 0 Å². The molecule has 0 aromatic carbocycles. The highest BCUT2D eigenvalue weighted by atomic mass is 15.3. The van der Waals surface area contributed by atoms with E-state index in [-0.39, 0.29) is 0 Å². The molecule has 4 heteroatoms. The second-order valence-electron chi connectivity index (χ2n) is 5.45. The zero-order chi connectivity index (χ0) is 12.8. The van der Waals surface area contributed by atoms with Crippen molar-refractivity contribution in [3.05, 3.63) is 53.7 Å². The molecule has 19 heavy (non-hydrogen) atoms. The minimum atomic E-state index is 0.730. The van der Waals surface area contributed by atoms with Crippen LogP contribution in [-0.4, -0.2) is 19.2 Å². The van der Waals surface area contributed by atoms with Gasteiger partial charge in [-0.15, -0.1) is 0 Å². The molecule has 0 amide bonds. The predicted molar refractivity (Wildman–Crippen MR) is 73.2 cm³/mol. The zero-order valence-electron chi connectivity index (χ0n) is 11.0. The summed E-state index contributed by atoms with van der Waals surface area (Å²) in [5.41, 5.74) is 4.69. The Bertz CT molecular complexity index is 734. The second-order valence-corrected chi connectivity index (χ2v) is 5.45. The van der Waals surface area contributed by atoms with Crippen LogP contribution in [0.3, 0.4) is 0 Å². The van der Waals surface area contributed by atoms with Crippen LogP contribution in [0.25, 0.3) is 5.65 Å². The molecule has 4 rings (SSSR count). The van der Waals surface area contributed by atoms with E-state index in [9.17, 15) is 0 Å². The molecule has 0 N–H and O–H groups in total. The molecule has 1 fully saturated rings. The zero-order valence-corrected chi connectivity index (χ0v) is 11.0. The van der Waals surface area contributed by atoms with E-state index < -0.39 is 0 Å². The van der Waals surface area contributed by atoms with E-state index in [1.165, 1.54) is 24.0 Å². The Balaban J connectivity index is 1.67. The molecule has 3 aromatic rings. The maximum Gasteiger partial charge on any atom is 0.137 e. The molecular formula is C15H16N4. The highest BCUT2D eigenvalue weighted by molar-refractivity contribution is 5.42. The Morgan fingerprint density at radius 3 is 2.84 bits per heavy atom. The number of rotatable bonds is 3. The van der Waals surface area contributed by atoms with Gasteiger partial charge in [-0.25, -0.2) is 4.98 Å². The standard InChI is InChI=1S/C15H16N4/c1-11-6-16-19(7-11)10-14-9-18-8-13(12-2-3-12)4-5-15(18)17-14/h4-9,12H,2-3,10H2,1H3. The van der Waals surface area contributed by atoms with Crippen molar-refractivity contribution in [3.8, 4) is 0 Å². The monoisotopic (exact) mass is 252 g/mol. The van der Waals surface area contributed by atoms with Gasteiger partial charge in [-0.2, -0.15) is 5.10 Å². The third-order valence-electron chi connectivity index (χ3n) is 3.66. The molecule has 0 aliphatic heterocycles. The predicted octanol–water partition coefficient (Wildman–Crippen LogP) is 2.76. The average Bonchev–Trinajstić information content (AvgIpc) is 3.05. The summed E-state index contributed by atoms with van der Waals surface area (Å²) >= 11 is 0. The summed E-state index contributed by atoms with van der Waals surface area (Å²) < 4.78 is 4.07. The van der Waals surface area contributed by atoms with Crippen LogP contribution in [0.1, 0.15) is 35.6 Å². The lowest BCUT2D eigenvalue weighted by Crippen LogP contribution is -1.99. The highest BCUT2D eigenvalue weighted by Gasteiger charge is 2.23. The first-order chi connectivity index (χ1) is 9.28. The van der Waals surface area contributed by atoms with Crippen LogP contribution in [0.4, 0.5) is 0 Å². The van der Waals surface area contributed by atoms with Gasteiger partial charge in [0.2, 0.25) is 0 Å². The van der Waals surface area contributed by atoms with Gasteiger partial charge in [0, 0.05) is 18.6 Å². The fraction of sp³-hybridized carbons (Fsp3) is 0.333. The largest absolute Gasteiger partial charge is 0.306 e. The van der Waals surface area contributed by atoms with Gasteiger partial charge in [-0.05, 0) is 42.9 Å². The van der Waals surface area contributed by atoms with Crippen LogP contribution >= 0.6 is 0 Å². The third kappa shape index (κ3) is 2.03.